The van der Waals surface area contributed by atoms with Gasteiger partial charge >= 0.3 is 11.8 Å². The molecule has 8 heteroatoms. The van der Waals surface area contributed by atoms with E-state index < -0.39 is 11.8 Å². The number of hydrogen-bond acceptors (Lipinski definition) is 5. The maximum Gasteiger partial charge on any atom is 0.329 e. The number of amides is 2. The highest BCUT2D eigenvalue weighted by atomic mass is 16.5. The molecule has 1 aromatic heterocycles. The summed E-state index contributed by atoms with van der Waals surface area (Å²) in [4.78, 5) is 23.6. The highest BCUT2D eigenvalue weighted by Crippen LogP contribution is 2.25. The van der Waals surface area contributed by atoms with Gasteiger partial charge in [-0.2, -0.15) is 10.2 Å². The van der Waals surface area contributed by atoms with Crippen molar-refractivity contribution in [3.63, 3.8) is 0 Å². The molecule has 2 N–H and O–H groups in total. The van der Waals surface area contributed by atoms with Gasteiger partial charge in [-0.05, 0) is 31.5 Å². The number of aromatic nitrogens is 2. The van der Waals surface area contributed by atoms with Crippen molar-refractivity contribution in [3.8, 4) is 17.0 Å². The largest absolute Gasteiger partial charge is 0.497 e. The van der Waals surface area contributed by atoms with Crippen molar-refractivity contribution in [1.82, 2.24) is 20.5 Å². The number of benzene rings is 2. The van der Waals surface area contributed by atoms with Crippen molar-refractivity contribution in [2.24, 2.45) is 5.10 Å². The zero-order valence-corrected chi connectivity index (χ0v) is 17.7. The molecule has 31 heavy (non-hydrogen) atoms. The Balaban J connectivity index is 1.86. The first-order chi connectivity index (χ1) is 15.0. The molecule has 0 bridgehead atoms. The van der Waals surface area contributed by atoms with Gasteiger partial charge < -0.3 is 10.1 Å². The van der Waals surface area contributed by atoms with Gasteiger partial charge in [0.2, 0.25) is 0 Å². The summed E-state index contributed by atoms with van der Waals surface area (Å²) in [6.45, 7) is 4.13. The topological polar surface area (TPSA) is 97.6 Å². The summed E-state index contributed by atoms with van der Waals surface area (Å²) in [5.41, 5.74) is 5.57. The van der Waals surface area contributed by atoms with Crippen LogP contribution in [0.4, 0.5) is 0 Å². The Bertz CT molecular complexity index is 1070. The lowest BCUT2D eigenvalue weighted by atomic mass is 10.1. The number of methoxy groups -OCH3 is 1. The van der Waals surface area contributed by atoms with E-state index in [0.717, 1.165) is 11.1 Å². The molecular formula is C23H25N5O3. The molecule has 0 fully saturated rings. The monoisotopic (exact) mass is 419 g/mol. The van der Waals surface area contributed by atoms with Gasteiger partial charge in [0, 0.05) is 23.4 Å². The number of carbonyl (C=O) groups is 2. The lowest BCUT2D eigenvalue weighted by Crippen LogP contribution is -2.41. The second-order valence-electron chi connectivity index (χ2n) is 7.18. The van der Waals surface area contributed by atoms with Crippen LogP contribution in [0.25, 0.3) is 11.3 Å². The highest BCUT2D eigenvalue weighted by molar-refractivity contribution is 6.35. The van der Waals surface area contributed by atoms with Crippen molar-refractivity contribution < 1.29 is 14.3 Å². The molecule has 0 radical (unpaired) electrons. The van der Waals surface area contributed by atoms with Crippen LogP contribution in [0.5, 0.6) is 5.75 Å². The van der Waals surface area contributed by atoms with E-state index in [0.29, 0.717) is 23.6 Å². The van der Waals surface area contributed by atoms with Gasteiger partial charge in [-0.15, -0.1) is 0 Å². The minimum absolute atomic E-state index is 0.141. The zero-order valence-electron chi connectivity index (χ0n) is 17.7. The van der Waals surface area contributed by atoms with Crippen LogP contribution in [0.2, 0.25) is 0 Å². The van der Waals surface area contributed by atoms with Crippen molar-refractivity contribution in [2.45, 2.75) is 26.4 Å². The zero-order chi connectivity index (χ0) is 22.2. The maximum absolute atomic E-state index is 11.9. The summed E-state index contributed by atoms with van der Waals surface area (Å²) in [6, 6.07) is 17.3. The molecule has 0 saturated heterocycles. The fourth-order valence-electron chi connectivity index (χ4n) is 2.92. The number of hydrazone groups is 1. The predicted molar refractivity (Wildman–Crippen MR) is 119 cm³/mol. The average Bonchev–Trinajstić information content (AvgIpc) is 3.16. The van der Waals surface area contributed by atoms with Gasteiger partial charge in [0.25, 0.3) is 0 Å². The van der Waals surface area contributed by atoms with Crippen LogP contribution in [0.3, 0.4) is 0 Å². The summed E-state index contributed by atoms with van der Waals surface area (Å²) < 4.78 is 7.12. The molecule has 8 nitrogen and oxygen atoms in total. The molecule has 0 aliphatic heterocycles. The Morgan fingerprint density at radius 3 is 2.61 bits per heavy atom. The van der Waals surface area contributed by atoms with Crippen LogP contribution < -0.4 is 15.5 Å². The van der Waals surface area contributed by atoms with E-state index in [4.69, 9.17) is 9.84 Å². The standard InChI is InChI=1S/C23H25N5O3/c1-16(2)25-22(29)23(30)26-24-13-19-15-28(14-17-8-5-4-6-9-17)27-21(19)18-10-7-11-20(12-18)31-3/h4-13,15-16H,14H2,1-3H3,(H,25,29)(H,26,30)/b24-13-. The van der Waals surface area contributed by atoms with Gasteiger partial charge in [0.15, 0.2) is 0 Å². The second kappa shape index (κ2) is 10.2. The molecule has 160 valence electrons. The van der Waals surface area contributed by atoms with E-state index in [9.17, 15) is 9.59 Å². The van der Waals surface area contributed by atoms with Crippen LogP contribution in [0, 0.1) is 0 Å². The van der Waals surface area contributed by atoms with Crippen LogP contribution in [0.15, 0.2) is 65.9 Å². The van der Waals surface area contributed by atoms with Gasteiger partial charge in [-0.3, -0.25) is 14.3 Å². The lowest BCUT2D eigenvalue weighted by Gasteiger charge is -2.06. The Morgan fingerprint density at radius 2 is 1.90 bits per heavy atom. The van der Waals surface area contributed by atoms with E-state index >= 15 is 0 Å². The molecule has 0 atom stereocenters. The predicted octanol–water partition coefficient (Wildman–Crippen LogP) is 2.58. The first-order valence-corrected chi connectivity index (χ1v) is 9.86. The smallest absolute Gasteiger partial charge is 0.329 e. The molecular weight excluding hydrogens is 394 g/mol. The van der Waals surface area contributed by atoms with Crippen LogP contribution >= 0.6 is 0 Å². The summed E-state index contributed by atoms with van der Waals surface area (Å²) in [7, 11) is 1.60. The van der Waals surface area contributed by atoms with E-state index in [-0.39, 0.29) is 6.04 Å². The molecule has 2 aromatic carbocycles. The molecule has 0 spiro atoms. The molecule has 0 unspecified atom stereocenters. The van der Waals surface area contributed by atoms with Crippen molar-refractivity contribution in [1.29, 1.82) is 0 Å². The minimum Gasteiger partial charge on any atom is -0.497 e. The van der Waals surface area contributed by atoms with E-state index in [1.165, 1.54) is 6.21 Å². The maximum atomic E-state index is 11.9. The number of rotatable bonds is 7. The van der Waals surface area contributed by atoms with Gasteiger partial charge in [0.1, 0.15) is 11.4 Å². The van der Waals surface area contributed by atoms with E-state index in [1.54, 1.807) is 25.6 Å². The van der Waals surface area contributed by atoms with E-state index in [1.807, 2.05) is 60.8 Å². The summed E-state index contributed by atoms with van der Waals surface area (Å²) in [5.74, 6) is -0.860. The summed E-state index contributed by atoms with van der Waals surface area (Å²) in [6.07, 6.45) is 3.31. The number of nitrogens with zero attached hydrogens (tertiary/aromatic N) is 3. The average molecular weight is 419 g/mol. The summed E-state index contributed by atoms with van der Waals surface area (Å²) >= 11 is 0. The quantitative estimate of drug-likeness (QED) is 0.349. The third-order valence-corrected chi connectivity index (χ3v) is 4.32. The number of hydrogen-bond donors (Lipinski definition) is 2. The van der Waals surface area contributed by atoms with Crippen LogP contribution in [0.1, 0.15) is 25.0 Å². The SMILES string of the molecule is COc1cccc(-c2nn(Cc3ccccc3)cc2/C=N\NC(=O)C(=O)NC(C)C)c1. The fourth-order valence-corrected chi connectivity index (χ4v) is 2.92. The van der Waals surface area contributed by atoms with Gasteiger partial charge in [0.05, 0.1) is 19.9 Å². The molecule has 1 heterocycles. The lowest BCUT2D eigenvalue weighted by molar-refractivity contribution is -0.139. The third kappa shape index (κ3) is 6.02. The van der Waals surface area contributed by atoms with Gasteiger partial charge in [-0.1, -0.05) is 42.5 Å². The first kappa shape index (κ1) is 21.8. The minimum atomic E-state index is -0.829. The van der Waals surface area contributed by atoms with E-state index in [2.05, 4.69) is 15.8 Å². The fraction of sp³-hybridized carbons (Fsp3) is 0.217. The molecule has 0 aliphatic rings. The Morgan fingerprint density at radius 1 is 1.13 bits per heavy atom. The number of carbonyl (C=O) groups excluding carboxylic acids is 2. The van der Waals surface area contributed by atoms with Gasteiger partial charge in [-0.25, -0.2) is 5.43 Å². The Kier molecular flexibility index (Phi) is 7.16. The molecule has 0 aliphatic carbocycles. The van der Waals surface area contributed by atoms with Crippen LogP contribution in [-0.2, 0) is 16.1 Å². The molecule has 3 rings (SSSR count). The van der Waals surface area contributed by atoms with Crippen molar-refractivity contribution in [2.75, 3.05) is 7.11 Å². The van der Waals surface area contributed by atoms with Crippen LogP contribution in [-0.4, -0.2) is 41.0 Å². The molecule has 0 saturated carbocycles. The second-order valence-corrected chi connectivity index (χ2v) is 7.18. The Labute approximate surface area is 180 Å². The van der Waals surface area contributed by atoms with Crippen molar-refractivity contribution >= 4 is 18.0 Å². The normalized spacial score (nSPS) is 11.0. The highest BCUT2D eigenvalue weighted by Gasteiger charge is 2.14. The molecule has 3 aromatic rings. The number of nitrogens with one attached hydrogen (secondary N) is 2. The first-order valence-electron chi connectivity index (χ1n) is 9.86. The third-order valence-electron chi connectivity index (χ3n) is 4.32. The number of ether oxygens (including phenoxy) is 1. The summed E-state index contributed by atoms with van der Waals surface area (Å²) in [5, 5.41) is 11.2. The molecule has 2 amide bonds. The van der Waals surface area contributed by atoms with Crippen molar-refractivity contribution in [3.05, 3.63) is 71.9 Å². The Hall–Kier alpha value is -3.94.